The monoisotopic (exact) mass is 326 g/mol. The molecular formula is C19H22N2O3. The maximum Gasteiger partial charge on any atom is 0.317 e. The minimum absolute atomic E-state index is 0.0631. The highest BCUT2D eigenvalue weighted by atomic mass is 16.5. The molecule has 0 radical (unpaired) electrons. The van der Waals surface area contributed by atoms with E-state index in [1.165, 1.54) is 0 Å². The van der Waals surface area contributed by atoms with Crippen LogP contribution in [0.1, 0.15) is 5.56 Å². The van der Waals surface area contributed by atoms with Crippen LogP contribution in [-0.2, 0) is 11.3 Å². The molecule has 1 saturated heterocycles. The van der Waals surface area contributed by atoms with Gasteiger partial charge in [0.1, 0.15) is 18.5 Å². The third-order valence-corrected chi connectivity index (χ3v) is 3.89. The molecule has 2 aromatic carbocycles. The van der Waals surface area contributed by atoms with Crippen LogP contribution in [0.15, 0.2) is 60.7 Å². The maximum atomic E-state index is 12.3. The lowest BCUT2D eigenvalue weighted by atomic mass is 10.2. The average molecular weight is 326 g/mol. The minimum atomic E-state index is -0.110. The smallest absolute Gasteiger partial charge is 0.317 e. The highest BCUT2D eigenvalue weighted by molar-refractivity contribution is 5.74. The van der Waals surface area contributed by atoms with Crippen LogP contribution in [0.5, 0.6) is 5.75 Å². The fourth-order valence-electron chi connectivity index (χ4n) is 2.60. The molecule has 1 fully saturated rings. The van der Waals surface area contributed by atoms with Crippen molar-refractivity contribution < 1.29 is 14.3 Å². The Labute approximate surface area is 142 Å². The number of benzene rings is 2. The van der Waals surface area contributed by atoms with Crippen molar-refractivity contribution in [1.82, 2.24) is 10.2 Å². The number of morpholine rings is 1. The molecule has 0 unspecified atom stereocenters. The first-order valence-electron chi connectivity index (χ1n) is 8.17. The van der Waals surface area contributed by atoms with Crippen LogP contribution in [0.25, 0.3) is 0 Å². The lowest BCUT2D eigenvalue weighted by Gasteiger charge is -2.32. The van der Waals surface area contributed by atoms with E-state index in [0.717, 1.165) is 11.3 Å². The molecule has 24 heavy (non-hydrogen) atoms. The number of rotatable bonds is 5. The summed E-state index contributed by atoms with van der Waals surface area (Å²) in [4.78, 5) is 14.1. The lowest BCUT2D eigenvalue weighted by molar-refractivity contribution is -0.0352. The Kier molecular flexibility index (Phi) is 5.69. The Bertz CT molecular complexity index is 634. The number of para-hydroxylation sites is 1. The van der Waals surface area contributed by atoms with Gasteiger partial charge in [-0.1, -0.05) is 48.5 Å². The molecule has 126 valence electrons. The van der Waals surface area contributed by atoms with Gasteiger partial charge < -0.3 is 19.7 Å². The van der Waals surface area contributed by atoms with Crippen LogP contribution in [0.3, 0.4) is 0 Å². The summed E-state index contributed by atoms with van der Waals surface area (Å²) >= 11 is 0. The Morgan fingerprint density at radius 2 is 1.83 bits per heavy atom. The van der Waals surface area contributed by atoms with Gasteiger partial charge in [-0.15, -0.1) is 0 Å². The van der Waals surface area contributed by atoms with Crippen LogP contribution in [-0.4, -0.2) is 43.3 Å². The molecule has 1 aliphatic rings. The first-order valence-corrected chi connectivity index (χ1v) is 8.17. The van der Waals surface area contributed by atoms with E-state index in [2.05, 4.69) is 5.32 Å². The quantitative estimate of drug-likeness (QED) is 0.919. The zero-order valence-electron chi connectivity index (χ0n) is 13.6. The average Bonchev–Trinajstić information content (AvgIpc) is 2.66. The lowest BCUT2D eigenvalue weighted by Crippen LogP contribution is -2.50. The van der Waals surface area contributed by atoms with Crippen molar-refractivity contribution in [2.75, 3.05) is 26.3 Å². The van der Waals surface area contributed by atoms with Gasteiger partial charge in [0.25, 0.3) is 0 Å². The SMILES string of the molecule is O=C(NCc1ccccc1)N1CCO[C@H](COc2ccccc2)C1. The maximum absolute atomic E-state index is 12.3. The van der Waals surface area contributed by atoms with Gasteiger partial charge in [0.05, 0.1) is 13.2 Å². The van der Waals surface area contributed by atoms with Crippen molar-refractivity contribution in [1.29, 1.82) is 0 Å². The first-order chi connectivity index (χ1) is 11.8. The predicted molar refractivity (Wildman–Crippen MR) is 91.9 cm³/mol. The fraction of sp³-hybridized carbons (Fsp3) is 0.316. The summed E-state index contributed by atoms with van der Waals surface area (Å²) in [7, 11) is 0. The third-order valence-electron chi connectivity index (χ3n) is 3.89. The molecule has 1 aliphatic heterocycles. The molecule has 0 saturated carbocycles. The van der Waals surface area contributed by atoms with Crippen LogP contribution in [0.2, 0.25) is 0 Å². The molecule has 0 spiro atoms. The van der Waals surface area contributed by atoms with Crippen molar-refractivity contribution in [3.8, 4) is 5.75 Å². The number of ether oxygens (including phenoxy) is 2. The van der Waals surface area contributed by atoms with Gasteiger partial charge in [-0.2, -0.15) is 0 Å². The summed E-state index contributed by atoms with van der Waals surface area (Å²) in [5, 5.41) is 2.95. The Balaban J connectivity index is 1.45. The van der Waals surface area contributed by atoms with E-state index in [1.807, 2.05) is 60.7 Å². The highest BCUT2D eigenvalue weighted by Gasteiger charge is 2.24. The number of hydrogen-bond acceptors (Lipinski definition) is 3. The second-order valence-corrected chi connectivity index (χ2v) is 5.71. The van der Waals surface area contributed by atoms with E-state index >= 15 is 0 Å². The van der Waals surface area contributed by atoms with Gasteiger partial charge in [-0.25, -0.2) is 4.79 Å². The Morgan fingerprint density at radius 1 is 1.12 bits per heavy atom. The highest BCUT2D eigenvalue weighted by Crippen LogP contribution is 2.12. The van der Waals surface area contributed by atoms with Gasteiger partial charge in [-0.3, -0.25) is 0 Å². The van der Waals surface area contributed by atoms with Crippen LogP contribution >= 0.6 is 0 Å². The fourth-order valence-corrected chi connectivity index (χ4v) is 2.60. The van der Waals surface area contributed by atoms with Gasteiger partial charge >= 0.3 is 6.03 Å². The topological polar surface area (TPSA) is 50.8 Å². The van der Waals surface area contributed by atoms with E-state index < -0.39 is 0 Å². The zero-order valence-corrected chi connectivity index (χ0v) is 13.6. The summed E-state index contributed by atoms with van der Waals surface area (Å²) in [6.45, 7) is 2.63. The molecule has 5 heteroatoms. The van der Waals surface area contributed by atoms with E-state index in [0.29, 0.717) is 32.8 Å². The summed E-state index contributed by atoms with van der Waals surface area (Å²) in [6.07, 6.45) is -0.110. The van der Waals surface area contributed by atoms with Crippen LogP contribution in [0, 0.1) is 0 Å². The Morgan fingerprint density at radius 3 is 2.58 bits per heavy atom. The molecule has 2 amide bonds. The van der Waals surface area contributed by atoms with Crippen molar-refractivity contribution >= 4 is 6.03 Å². The van der Waals surface area contributed by atoms with Gasteiger partial charge in [0.15, 0.2) is 0 Å². The molecule has 2 aromatic rings. The molecule has 0 aromatic heterocycles. The molecule has 1 heterocycles. The number of nitrogens with one attached hydrogen (secondary N) is 1. The van der Waals surface area contributed by atoms with E-state index in [4.69, 9.17) is 9.47 Å². The van der Waals surface area contributed by atoms with Crippen LogP contribution in [0.4, 0.5) is 4.79 Å². The van der Waals surface area contributed by atoms with Gasteiger partial charge in [-0.05, 0) is 17.7 Å². The number of amides is 2. The van der Waals surface area contributed by atoms with Crippen molar-refractivity contribution in [3.05, 3.63) is 66.2 Å². The predicted octanol–water partition coefficient (Wildman–Crippen LogP) is 2.68. The van der Waals surface area contributed by atoms with Crippen molar-refractivity contribution in [2.24, 2.45) is 0 Å². The van der Waals surface area contributed by atoms with Crippen molar-refractivity contribution in [2.45, 2.75) is 12.6 Å². The van der Waals surface area contributed by atoms with Crippen LogP contribution < -0.4 is 10.1 Å². The molecule has 3 rings (SSSR count). The molecule has 1 atom stereocenters. The zero-order chi connectivity index (χ0) is 16.6. The Hall–Kier alpha value is -2.53. The second kappa shape index (κ2) is 8.36. The van der Waals surface area contributed by atoms with E-state index in [-0.39, 0.29) is 12.1 Å². The summed E-state index contributed by atoms with van der Waals surface area (Å²) < 4.78 is 11.4. The standard InChI is InChI=1S/C19H22N2O3/c22-19(20-13-16-7-3-1-4-8-16)21-11-12-23-18(14-21)15-24-17-9-5-2-6-10-17/h1-10,18H,11-15H2,(H,20,22)/t18-/m0/s1. The molecule has 5 nitrogen and oxygen atoms in total. The summed E-state index contributed by atoms with van der Waals surface area (Å²) in [5.74, 6) is 0.812. The van der Waals surface area contributed by atoms with Gasteiger partial charge in [0.2, 0.25) is 0 Å². The minimum Gasteiger partial charge on any atom is -0.491 e. The normalized spacial score (nSPS) is 17.3. The summed E-state index contributed by atoms with van der Waals surface area (Å²) in [5.41, 5.74) is 1.09. The number of nitrogens with zero attached hydrogens (tertiary/aromatic N) is 1. The molecule has 0 bridgehead atoms. The summed E-state index contributed by atoms with van der Waals surface area (Å²) in [6, 6.07) is 19.5. The molecule has 1 N–H and O–H groups in total. The second-order valence-electron chi connectivity index (χ2n) is 5.71. The largest absolute Gasteiger partial charge is 0.491 e. The molecule has 0 aliphatic carbocycles. The number of carbonyl (C=O) groups is 1. The first kappa shape index (κ1) is 16.3. The van der Waals surface area contributed by atoms with E-state index in [9.17, 15) is 4.79 Å². The number of carbonyl (C=O) groups excluding carboxylic acids is 1. The van der Waals surface area contributed by atoms with E-state index in [1.54, 1.807) is 4.90 Å². The molecular weight excluding hydrogens is 304 g/mol. The van der Waals surface area contributed by atoms with Crippen molar-refractivity contribution in [3.63, 3.8) is 0 Å². The number of urea groups is 1. The number of hydrogen-bond donors (Lipinski definition) is 1. The van der Waals surface area contributed by atoms with Gasteiger partial charge in [0, 0.05) is 13.1 Å². The third kappa shape index (κ3) is 4.73.